The van der Waals surface area contributed by atoms with Crippen LogP contribution in [0.15, 0.2) is 55.1 Å². The minimum atomic E-state index is -1.65. The smallest absolute Gasteiger partial charge is 0.137 e. The Kier molecular flexibility index (Phi) is 6.62. The summed E-state index contributed by atoms with van der Waals surface area (Å²) >= 11 is 5.97. The Hall–Kier alpha value is -2.35. The van der Waals surface area contributed by atoms with Crippen LogP contribution in [0.2, 0.25) is 5.02 Å². The van der Waals surface area contributed by atoms with E-state index in [2.05, 4.69) is 10.1 Å². The van der Waals surface area contributed by atoms with Crippen molar-refractivity contribution in [2.45, 2.75) is 38.6 Å². The van der Waals surface area contributed by atoms with Crippen molar-refractivity contribution in [2.24, 2.45) is 0 Å². The molecule has 8 heteroatoms. The zero-order chi connectivity index (χ0) is 21.0. The molecule has 2 aromatic carbocycles. The average molecular weight is 421 g/mol. The molecule has 0 aliphatic rings. The van der Waals surface area contributed by atoms with Crippen LogP contribution < -0.4 is 0 Å². The molecular weight excluding hydrogens is 398 g/mol. The summed E-state index contributed by atoms with van der Waals surface area (Å²) in [5, 5.41) is 16.2. The van der Waals surface area contributed by atoms with Crippen LogP contribution in [0, 0.1) is 11.6 Å². The van der Waals surface area contributed by atoms with Gasteiger partial charge in [-0.05, 0) is 37.6 Å². The lowest BCUT2D eigenvalue weighted by atomic mass is 9.91. The third-order valence-corrected chi connectivity index (χ3v) is 5.07. The van der Waals surface area contributed by atoms with Crippen molar-refractivity contribution in [1.29, 1.82) is 0 Å². The largest absolute Gasteiger partial charge is 0.382 e. The average Bonchev–Trinajstić information content (AvgIpc) is 3.15. The third kappa shape index (κ3) is 5.38. The summed E-state index contributed by atoms with van der Waals surface area (Å²) in [6.07, 6.45) is 2.79. The van der Waals surface area contributed by atoms with Crippen molar-refractivity contribution in [3.63, 3.8) is 0 Å². The van der Waals surface area contributed by atoms with E-state index in [1.165, 1.54) is 23.4 Å². The van der Waals surface area contributed by atoms with Crippen molar-refractivity contribution in [1.82, 2.24) is 19.7 Å². The van der Waals surface area contributed by atoms with Crippen molar-refractivity contribution in [3.05, 3.63) is 82.9 Å². The van der Waals surface area contributed by atoms with E-state index >= 15 is 0 Å². The fourth-order valence-electron chi connectivity index (χ4n) is 3.25. The second-order valence-electron chi connectivity index (χ2n) is 7.37. The van der Waals surface area contributed by atoms with Crippen LogP contribution in [-0.4, -0.2) is 37.4 Å². The van der Waals surface area contributed by atoms with Gasteiger partial charge in [-0.3, -0.25) is 4.90 Å². The minimum Gasteiger partial charge on any atom is -0.382 e. The monoisotopic (exact) mass is 420 g/mol. The molecule has 1 atom stereocenters. The van der Waals surface area contributed by atoms with Gasteiger partial charge in [-0.1, -0.05) is 29.8 Å². The molecule has 0 spiro atoms. The van der Waals surface area contributed by atoms with E-state index in [9.17, 15) is 13.9 Å². The number of benzene rings is 2. The van der Waals surface area contributed by atoms with Gasteiger partial charge >= 0.3 is 0 Å². The summed E-state index contributed by atoms with van der Waals surface area (Å²) in [6.45, 7) is 4.59. The Morgan fingerprint density at radius 2 is 1.90 bits per heavy atom. The molecule has 154 valence electrons. The molecule has 0 amide bonds. The van der Waals surface area contributed by atoms with Gasteiger partial charge in [-0.15, -0.1) is 0 Å². The Labute approximate surface area is 173 Å². The van der Waals surface area contributed by atoms with E-state index in [4.69, 9.17) is 11.6 Å². The van der Waals surface area contributed by atoms with Crippen molar-refractivity contribution in [3.8, 4) is 0 Å². The highest BCUT2D eigenvalue weighted by Crippen LogP contribution is 2.29. The van der Waals surface area contributed by atoms with E-state index < -0.39 is 17.2 Å². The SMILES string of the molecule is CC(C)N(Cc1ccc(Cl)cc1)CC(O)(Cn1cncn1)c1ccc(F)cc1F. The van der Waals surface area contributed by atoms with Gasteiger partial charge in [0.05, 0.1) is 6.54 Å². The molecule has 0 aliphatic heterocycles. The first kappa shape index (κ1) is 21.4. The molecule has 3 aromatic rings. The number of aliphatic hydroxyl groups is 1. The van der Waals surface area contributed by atoms with E-state index in [1.54, 1.807) is 12.1 Å². The first-order chi connectivity index (χ1) is 13.8. The molecule has 0 aliphatic carbocycles. The summed E-state index contributed by atoms with van der Waals surface area (Å²) in [4.78, 5) is 5.90. The zero-order valence-electron chi connectivity index (χ0n) is 16.3. The summed E-state index contributed by atoms with van der Waals surface area (Å²) < 4.78 is 29.5. The minimum absolute atomic E-state index is 0.0103. The molecule has 29 heavy (non-hydrogen) atoms. The van der Waals surface area contributed by atoms with Crippen LogP contribution in [0.25, 0.3) is 0 Å². The molecule has 1 aromatic heterocycles. The quantitative estimate of drug-likeness (QED) is 0.598. The molecule has 1 heterocycles. The summed E-state index contributed by atoms with van der Waals surface area (Å²) in [5.74, 6) is -1.50. The van der Waals surface area contributed by atoms with Gasteiger partial charge in [-0.2, -0.15) is 5.10 Å². The highest BCUT2D eigenvalue weighted by molar-refractivity contribution is 6.30. The molecule has 0 bridgehead atoms. The number of rotatable bonds is 8. The van der Waals surface area contributed by atoms with E-state index in [0.717, 1.165) is 17.7 Å². The Morgan fingerprint density at radius 1 is 1.17 bits per heavy atom. The fourth-order valence-corrected chi connectivity index (χ4v) is 3.38. The number of aromatic nitrogens is 3. The van der Waals surface area contributed by atoms with Gasteiger partial charge in [0.15, 0.2) is 0 Å². The second-order valence-corrected chi connectivity index (χ2v) is 7.81. The Bertz CT molecular complexity index is 934. The van der Waals surface area contributed by atoms with Gasteiger partial charge < -0.3 is 5.11 Å². The van der Waals surface area contributed by atoms with Crippen LogP contribution in [0.4, 0.5) is 8.78 Å². The predicted octanol–water partition coefficient (Wildman–Crippen LogP) is 4.01. The Balaban J connectivity index is 1.94. The number of halogens is 3. The van der Waals surface area contributed by atoms with Crippen LogP contribution in [0.3, 0.4) is 0 Å². The number of hydrogen-bond acceptors (Lipinski definition) is 4. The van der Waals surface area contributed by atoms with Crippen LogP contribution >= 0.6 is 11.6 Å². The first-order valence-corrected chi connectivity index (χ1v) is 9.63. The second kappa shape index (κ2) is 8.98. The summed E-state index contributed by atoms with van der Waals surface area (Å²) in [5.41, 5.74) is -0.635. The van der Waals surface area contributed by atoms with Crippen molar-refractivity contribution in [2.75, 3.05) is 6.54 Å². The normalized spacial score (nSPS) is 13.8. The summed E-state index contributed by atoms with van der Waals surface area (Å²) in [7, 11) is 0. The lowest BCUT2D eigenvalue weighted by Gasteiger charge is -2.37. The molecule has 0 fully saturated rings. The molecule has 0 saturated carbocycles. The van der Waals surface area contributed by atoms with Gasteiger partial charge in [0, 0.05) is 35.8 Å². The molecule has 3 rings (SSSR count). The fraction of sp³-hybridized carbons (Fsp3) is 0.333. The van der Waals surface area contributed by atoms with E-state index in [1.807, 2.05) is 30.9 Å². The first-order valence-electron chi connectivity index (χ1n) is 9.25. The number of nitrogens with zero attached hydrogens (tertiary/aromatic N) is 4. The maximum Gasteiger partial charge on any atom is 0.137 e. The van der Waals surface area contributed by atoms with Crippen molar-refractivity contribution < 1.29 is 13.9 Å². The maximum absolute atomic E-state index is 14.6. The van der Waals surface area contributed by atoms with Gasteiger partial charge in [-0.25, -0.2) is 18.4 Å². The molecule has 1 unspecified atom stereocenters. The molecule has 0 saturated heterocycles. The van der Waals surface area contributed by atoms with E-state index in [-0.39, 0.29) is 24.7 Å². The van der Waals surface area contributed by atoms with E-state index in [0.29, 0.717) is 11.6 Å². The standard InChI is InChI=1S/C21H23ClF2N4O/c1-15(2)27(10-16-3-5-17(22)6-4-16)11-21(29,12-28-14-25-13-26-28)19-8-7-18(23)9-20(19)24/h3-9,13-15,29H,10-12H2,1-2H3. The zero-order valence-corrected chi connectivity index (χ0v) is 17.0. The predicted molar refractivity (Wildman–Crippen MR) is 107 cm³/mol. The lowest BCUT2D eigenvalue weighted by Crippen LogP contribution is -2.46. The highest BCUT2D eigenvalue weighted by atomic mass is 35.5. The third-order valence-electron chi connectivity index (χ3n) is 4.82. The van der Waals surface area contributed by atoms with Gasteiger partial charge in [0.25, 0.3) is 0 Å². The van der Waals surface area contributed by atoms with Gasteiger partial charge in [0.1, 0.15) is 29.9 Å². The molecule has 0 radical (unpaired) electrons. The highest BCUT2D eigenvalue weighted by Gasteiger charge is 2.36. The summed E-state index contributed by atoms with van der Waals surface area (Å²) in [6, 6.07) is 10.7. The van der Waals surface area contributed by atoms with Crippen molar-refractivity contribution >= 4 is 11.6 Å². The number of hydrogen-bond donors (Lipinski definition) is 1. The molecule has 5 nitrogen and oxygen atoms in total. The molecule has 1 N–H and O–H groups in total. The topological polar surface area (TPSA) is 54.2 Å². The maximum atomic E-state index is 14.6. The van der Waals surface area contributed by atoms with Gasteiger partial charge in [0.2, 0.25) is 0 Å². The Morgan fingerprint density at radius 3 is 2.48 bits per heavy atom. The van der Waals surface area contributed by atoms with Crippen LogP contribution in [0.5, 0.6) is 0 Å². The lowest BCUT2D eigenvalue weighted by molar-refractivity contribution is -0.0312. The van der Waals surface area contributed by atoms with Crippen LogP contribution in [-0.2, 0) is 18.7 Å². The van der Waals surface area contributed by atoms with Crippen LogP contribution in [0.1, 0.15) is 25.0 Å². The molecular formula is C21H23ClF2N4O.